The largest absolute Gasteiger partial charge is 0.354 e. The number of piperazine rings is 1. The summed E-state index contributed by atoms with van der Waals surface area (Å²) in [6, 6.07) is 3.21. The Kier molecular flexibility index (Phi) is 4.49. The van der Waals surface area contributed by atoms with Gasteiger partial charge in [-0.3, -0.25) is 4.90 Å². The second kappa shape index (κ2) is 6.11. The molecule has 4 nitrogen and oxygen atoms in total. The van der Waals surface area contributed by atoms with Crippen molar-refractivity contribution in [3.05, 3.63) is 24.1 Å². The predicted octanol–water partition coefficient (Wildman–Crippen LogP) is 0.938. The number of pyridine rings is 1. The van der Waals surface area contributed by atoms with Crippen LogP contribution in [0.25, 0.3) is 0 Å². The minimum absolute atomic E-state index is 0.283. The van der Waals surface area contributed by atoms with Crippen molar-refractivity contribution in [3.8, 4) is 0 Å². The fraction of sp³-hybridized carbons (Fsp3) is 0.615. The summed E-state index contributed by atoms with van der Waals surface area (Å²) < 4.78 is 12.8. The van der Waals surface area contributed by atoms with E-state index in [2.05, 4.69) is 21.7 Å². The summed E-state index contributed by atoms with van der Waals surface area (Å²) in [7, 11) is 0. The Balaban J connectivity index is 1.84. The number of rotatable bonds is 4. The number of nitrogens with zero attached hydrogens (tertiary/aromatic N) is 3. The molecule has 2 heterocycles. The number of nitrogens with two attached hydrogens (primary N) is 1. The summed E-state index contributed by atoms with van der Waals surface area (Å²) in [5, 5.41) is 0. The Morgan fingerprint density at radius 2 is 2.06 bits per heavy atom. The lowest BCUT2D eigenvalue weighted by molar-refractivity contribution is 0.227. The van der Waals surface area contributed by atoms with E-state index in [1.165, 1.54) is 12.3 Å². The van der Waals surface area contributed by atoms with Crippen molar-refractivity contribution in [2.45, 2.75) is 6.92 Å². The summed E-state index contributed by atoms with van der Waals surface area (Å²) in [5.41, 5.74) is 5.64. The molecule has 0 spiro atoms. The molecule has 0 saturated carbocycles. The van der Waals surface area contributed by atoms with Crippen molar-refractivity contribution in [2.75, 3.05) is 44.2 Å². The summed E-state index contributed by atoms with van der Waals surface area (Å²) in [5.74, 6) is 1.12. The smallest absolute Gasteiger partial charge is 0.141 e. The number of hydrogen-bond acceptors (Lipinski definition) is 4. The first-order chi connectivity index (χ1) is 8.69. The standard InChI is InChI=1S/C13H21FN4/c1-11(8-15)10-17-4-6-18(7-5-17)13-3-2-12(14)9-16-13/h2-3,9,11H,4-8,10,15H2,1H3. The molecule has 1 saturated heterocycles. The minimum Gasteiger partial charge on any atom is -0.354 e. The predicted molar refractivity (Wildman–Crippen MR) is 71.1 cm³/mol. The Morgan fingerprint density at radius 1 is 1.33 bits per heavy atom. The number of hydrogen-bond donors (Lipinski definition) is 1. The highest BCUT2D eigenvalue weighted by molar-refractivity contribution is 5.38. The molecule has 0 bridgehead atoms. The highest BCUT2D eigenvalue weighted by Crippen LogP contribution is 2.14. The summed E-state index contributed by atoms with van der Waals surface area (Å²) in [4.78, 5) is 8.74. The first kappa shape index (κ1) is 13.2. The normalized spacial score (nSPS) is 18.9. The maximum absolute atomic E-state index is 12.8. The van der Waals surface area contributed by atoms with Crippen molar-refractivity contribution in [1.82, 2.24) is 9.88 Å². The van der Waals surface area contributed by atoms with Gasteiger partial charge in [0.2, 0.25) is 0 Å². The molecule has 18 heavy (non-hydrogen) atoms. The third-order valence-electron chi connectivity index (χ3n) is 3.38. The van der Waals surface area contributed by atoms with Gasteiger partial charge in [0.15, 0.2) is 0 Å². The van der Waals surface area contributed by atoms with Crippen molar-refractivity contribution >= 4 is 5.82 Å². The average molecular weight is 252 g/mol. The van der Waals surface area contributed by atoms with Crippen LogP contribution in [0.1, 0.15) is 6.92 Å². The monoisotopic (exact) mass is 252 g/mol. The maximum atomic E-state index is 12.8. The van der Waals surface area contributed by atoms with E-state index < -0.39 is 0 Å². The van der Waals surface area contributed by atoms with E-state index in [4.69, 9.17) is 5.73 Å². The van der Waals surface area contributed by atoms with E-state index >= 15 is 0 Å². The quantitative estimate of drug-likeness (QED) is 0.866. The Bertz CT molecular complexity index is 360. The number of halogens is 1. The Morgan fingerprint density at radius 3 is 2.61 bits per heavy atom. The van der Waals surface area contributed by atoms with E-state index in [-0.39, 0.29) is 5.82 Å². The molecule has 1 unspecified atom stereocenters. The first-order valence-electron chi connectivity index (χ1n) is 6.48. The molecule has 1 aromatic rings. The molecule has 0 aliphatic carbocycles. The van der Waals surface area contributed by atoms with Gasteiger partial charge in [-0.05, 0) is 24.6 Å². The van der Waals surface area contributed by atoms with E-state index in [0.717, 1.165) is 45.1 Å². The van der Waals surface area contributed by atoms with E-state index in [1.54, 1.807) is 6.07 Å². The first-order valence-corrected chi connectivity index (χ1v) is 6.48. The molecule has 1 fully saturated rings. The Hall–Kier alpha value is -1.20. The van der Waals surface area contributed by atoms with E-state index in [9.17, 15) is 4.39 Å². The van der Waals surface area contributed by atoms with Crippen LogP contribution in [-0.4, -0.2) is 49.2 Å². The molecule has 1 aliphatic rings. The number of anilines is 1. The molecule has 0 aromatic carbocycles. The van der Waals surface area contributed by atoms with Gasteiger partial charge < -0.3 is 10.6 Å². The van der Waals surface area contributed by atoms with Gasteiger partial charge in [0.1, 0.15) is 11.6 Å². The zero-order valence-corrected chi connectivity index (χ0v) is 10.8. The molecule has 0 radical (unpaired) electrons. The van der Waals surface area contributed by atoms with Crippen LogP contribution in [0.3, 0.4) is 0 Å². The van der Waals surface area contributed by atoms with Crippen molar-refractivity contribution < 1.29 is 4.39 Å². The van der Waals surface area contributed by atoms with Crippen LogP contribution in [-0.2, 0) is 0 Å². The van der Waals surface area contributed by atoms with Crippen molar-refractivity contribution in [3.63, 3.8) is 0 Å². The van der Waals surface area contributed by atoms with Gasteiger partial charge in [-0.2, -0.15) is 0 Å². The number of aromatic nitrogens is 1. The third kappa shape index (κ3) is 3.40. The SMILES string of the molecule is CC(CN)CN1CCN(c2ccc(F)cn2)CC1. The van der Waals surface area contributed by atoms with Crippen LogP contribution >= 0.6 is 0 Å². The summed E-state index contributed by atoms with van der Waals surface area (Å²) in [6.45, 7) is 7.88. The van der Waals surface area contributed by atoms with E-state index in [0.29, 0.717) is 5.92 Å². The summed E-state index contributed by atoms with van der Waals surface area (Å²) >= 11 is 0. The third-order valence-corrected chi connectivity index (χ3v) is 3.38. The van der Waals surface area contributed by atoms with Gasteiger partial charge in [-0.25, -0.2) is 9.37 Å². The molecule has 1 aliphatic heterocycles. The zero-order chi connectivity index (χ0) is 13.0. The van der Waals surface area contributed by atoms with Crippen LogP contribution in [0.15, 0.2) is 18.3 Å². The van der Waals surface area contributed by atoms with Crippen LogP contribution in [0, 0.1) is 11.7 Å². The lowest BCUT2D eigenvalue weighted by Gasteiger charge is -2.36. The molecular weight excluding hydrogens is 231 g/mol. The molecule has 2 rings (SSSR count). The van der Waals surface area contributed by atoms with Gasteiger partial charge in [-0.15, -0.1) is 0 Å². The van der Waals surface area contributed by atoms with Crippen LogP contribution in [0.5, 0.6) is 0 Å². The second-order valence-electron chi connectivity index (χ2n) is 4.96. The van der Waals surface area contributed by atoms with Gasteiger partial charge >= 0.3 is 0 Å². The molecule has 100 valence electrons. The lowest BCUT2D eigenvalue weighted by Crippen LogP contribution is -2.48. The Labute approximate surface area is 108 Å². The van der Waals surface area contributed by atoms with Crippen LogP contribution in [0.4, 0.5) is 10.2 Å². The van der Waals surface area contributed by atoms with Gasteiger partial charge in [0.05, 0.1) is 6.20 Å². The second-order valence-corrected chi connectivity index (χ2v) is 4.96. The highest BCUT2D eigenvalue weighted by atomic mass is 19.1. The molecule has 5 heteroatoms. The van der Waals surface area contributed by atoms with Crippen LogP contribution in [0.2, 0.25) is 0 Å². The maximum Gasteiger partial charge on any atom is 0.141 e. The minimum atomic E-state index is -0.283. The summed E-state index contributed by atoms with van der Waals surface area (Å²) in [6.07, 6.45) is 1.28. The van der Waals surface area contributed by atoms with Crippen molar-refractivity contribution in [1.29, 1.82) is 0 Å². The fourth-order valence-electron chi connectivity index (χ4n) is 2.23. The highest BCUT2D eigenvalue weighted by Gasteiger charge is 2.18. The van der Waals surface area contributed by atoms with Crippen molar-refractivity contribution in [2.24, 2.45) is 11.7 Å². The molecular formula is C13H21FN4. The zero-order valence-electron chi connectivity index (χ0n) is 10.8. The molecule has 1 aromatic heterocycles. The van der Waals surface area contributed by atoms with Gasteiger partial charge in [-0.1, -0.05) is 6.92 Å². The van der Waals surface area contributed by atoms with E-state index in [1.807, 2.05) is 0 Å². The van der Waals surface area contributed by atoms with Crippen LogP contribution < -0.4 is 10.6 Å². The fourth-order valence-corrected chi connectivity index (χ4v) is 2.23. The molecule has 2 N–H and O–H groups in total. The van der Waals surface area contributed by atoms with Gasteiger partial charge in [0, 0.05) is 32.7 Å². The topological polar surface area (TPSA) is 45.4 Å². The lowest BCUT2D eigenvalue weighted by atomic mass is 10.1. The molecule has 0 amide bonds. The van der Waals surface area contributed by atoms with Gasteiger partial charge in [0.25, 0.3) is 0 Å². The average Bonchev–Trinajstić information content (AvgIpc) is 2.40. The molecule has 1 atom stereocenters.